The SMILES string of the molecule is Nc1ccc(-c2nnc(-c3cccnc3Oc3cccc(Cl)c3)o2)cc1. The van der Waals surface area contributed by atoms with Gasteiger partial charge in [0.2, 0.25) is 11.8 Å². The third kappa shape index (κ3) is 3.36. The van der Waals surface area contributed by atoms with Gasteiger partial charge in [-0.3, -0.25) is 0 Å². The number of pyridine rings is 1. The van der Waals surface area contributed by atoms with Crippen molar-refractivity contribution in [3.05, 3.63) is 71.9 Å². The molecule has 2 heterocycles. The van der Waals surface area contributed by atoms with Crippen molar-refractivity contribution in [2.45, 2.75) is 0 Å². The number of aromatic nitrogens is 3. The first kappa shape index (κ1) is 16.1. The first-order valence-corrected chi connectivity index (χ1v) is 8.15. The number of benzene rings is 2. The second kappa shape index (κ2) is 6.85. The van der Waals surface area contributed by atoms with Crippen molar-refractivity contribution < 1.29 is 9.15 Å². The summed E-state index contributed by atoms with van der Waals surface area (Å²) in [6.07, 6.45) is 1.63. The molecule has 26 heavy (non-hydrogen) atoms. The highest BCUT2D eigenvalue weighted by Gasteiger charge is 2.16. The maximum Gasteiger partial charge on any atom is 0.253 e. The molecule has 0 amide bonds. The van der Waals surface area contributed by atoms with Crippen LogP contribution in [0.15, 0.2) is 71.3 Å². The van der Waals surface area contributed by atoms with Gasteiger partial charge in [-0.15, -0.1) is 10.2 Å². The fourth-order valence-electron chi connectivity index (χ4n) is 2.35. The molecule has 7 heteroatoms. The summed E-state index contributed by atoms with van der Waals surface area (Å²) in [6.45, 7) is 0. The van der Waals surface area contributed by atoms with Crippen LogP contribution in [0.2, 0.25) is 5.02 Å². The van der Waals surface area contributed by atoms with Gasteiger partial charge in [-0.2, -0.15) is 0 Å². The van der Waals surface area contributed by atoms with Gasteiger partial charge in [0.05, 0.1) is 0 Å². The molecule has 0 aliphatic rings. The quantitative estimate of drug-likeness (QED) is 0.522. The van der Waals surface area contributed by atoms with E-state index in [-0.39, 0.29) is 0 Å². The van der Waals surface area contributed by atoms with Gasteiger partial charge in [0.1, 0.15) is 11.3 Å². The van der Waals surface area contributed by atoms with E-state index < -0.39 is 0 Å². The molecule has 2 aromatic carbocycles. The Morgan fingerprint density at radius 2 is 1.73 bits per heavy atom. The van der Waals surface area contributed by atoms with Crippen molar-refractivity contribution in [3.8, 4) is 34.5 Å². The predicted molar refractivity (Wildman–Crippen MR) is 98.9 cm³/mol. The van der Waals surface area contributed by atoms with E-state index in [1.807, 2.05) is 12.1 Å². The number of anilines is 1. The molecule has 4 aromatic rings. The van der Waals surface area contributed by atoms with Crippen LogP contribution in [0, 0.1) is 0 Å². The van der Waals surface area contributed by atoms with Crippen molar-refractivity contribution in [3.63, 3.8) is 0 Å². The van der Waals surface area contributed by atoms with Crippen molar-refractivity contribution in [2.24, 2.45) is 0 Å². The van der Waals surface area contributed by atoms with Gasteiger partial charge in [0.15, 0.2) is 0 Å². The summed E-state index contributed by atoms with van der Waals surface area (Å²) in [5.41, 5.74) is 7.73. The minimum absolute atomic E-state index is 0.307. The van der Waals surface area contributed by atoms with Crippen LogP contribution in [0.5, 0.6) is 11.6 Å². The lowest BCUT2D eigenvalue weighted by Gasteiger charge is -2.07. The Kier molecular flexibility index (Phi) is 4.25. The van der Waals surface area contributed by atoms with Crippen LogP contribution in [-0.2, 0) is 0 Å². The molecule has 0 spiro atoms. The number of rotatable bonds is 4. The summed E-state index contributed by atoms with van der Waals surface area (Å²) >= 11 is 6.00. The fourth-order valence-corrected chi connectivity index (χ4v) is 2.53. The largest absolute Gasteiger partial charge is 0.438 e. The molecule has 0 saturated heterocycles. The van der Waals surface area contributed by atoms with Crippen LogP contribution in [0.4, 0.5) is 5.69 Å². The van der Waals surface area contributed by atoms with E-state index in [4.69, 9.17) is 26.5 Å². The molecule has 0 bridgehead atoms. The second-order valence-electron chi connectivity index (χ2n) is 5.45. The summed E-state index contributed by atoms with van der Waals surface area (Å²) < 4.78 is 11.6. The zero-order valence-corrected chi connectivity index (χ0v) is 14.2. The minimum Gasteiger partial charge on any atom is -0.438 e. The monoisotopic (exact) mass is 364 g/mol. The maximum atomic E-state index is 6.00. The number of hydrogen-bond donors (Lipinski definition) is 1. The van der Waals surface area contributed by atoms with Gasteiger partial charge >= 0.3 is 0 Å². The van der Waals surface area contributed by atoms with Crippen LogP contribution >= 0.6 is 11.6 Å². The molecule has 0 aliphatic heterocycles. The Morgan fingerprint density at radius 1 is 0.923 bits per heavy atom. The van der Waals surface area contributed by atoms with Crippen LogP contribution in [0.1, 0.15) is 0 Å². The Morgan fingerprint density at radius 3 is 2.54 bits per heavy atom. The van der Waals surface area contributed by atoms with E-state index in [1.165, 1.54) is 0 Å². The van der Waals surface area contributed by atoms with Gasteiger partial charge in [0, 0.05) is 22.5 Å². The molecule has 0 aliphatic carbocycles. The van der Waals surface area contributed by atoms with E-state index in [2.05, 4.69) is 15.2 Å². The van der Waals surface area contributed by atoms with E-state index in [0.29, 0.717) is 39.7 Å². The number of nitrogen functional groups attached to an aromatic ring is 1. The average Bonchev–Trinajstić information content (AvgIpc) is 3.13. The third-order valence-electron chi connectivity index (χ3n) is 3.59. The van der Waals surface area contributed by atoms with Gasteiger partial charge in [0.25, 0.3) is 5.89 Å². The lowest BCUT2D eigenvalue weighted by molar-refractivity contribution is 0.461. The fraction of sp³-hybridized carbons (Fsp3) is 0. The Labute approximate surface area is 154 Å². The maximum absolute atomic E-state index is 6.00. The minimum atomic E-state index is 0.307. The number of ether oxygens (including phenoxy) is 1. The average molecular weight is 365 g/mol. The summed E-state index contributed by atoms with van der Waals surface area (Å²) in [6, 6.07) is 17.8. The lowest BCUT2D eigenvalue weighted by atomic mass is 10.2. The summed E-state index contributed by atoms with van der Waals surface area (Å²) in [4.78, 5) is 4.26. The van der Waals surface area contributed by atoms with Crippen molar-refractivity contribution in [1.29, 1.82) is 0 Å². The van der Waals surface area contributed by atoms with E-state index in [9.17, 15) is 0 Å². The second-order valence-corrected chi connectivity index (χ2v) is 5.89. The van der Waals surface area contributed by atoms with E-state index in [0.717, 1.165) is 5.56 Å². The Bertz CT molecular complexity index is 1050. The summed E-state index contributed by atoms with van der Waals surface area (Å²) in [5.74, 6) is 1.61. The molecule has 6 nitrogen and oxygen atoms in total. The first-order chi connectivity index (χ1) is 12.7. The van der Waals surface area contributed by atoms with Crippen molar-refractivity contribution >= 4 is 17.3 Å². The van der Waals surface area contributed by atoms with Gasteiger partial charge in [-0.25, -0.2) is 4.98 Å². The highest BCUT2D eigenvalue weighted by molar-refractivity contribution is 6.30. The molecule has 2 aromatic heterocycles. The highest BCUT2D eigenvalue weighted by atomic mass is 35.5. The van der Waals surface area contributed by atoms with Gasteiger partial charge < -0.3 is 14.9 Å². The smallest absolute Gasteiger partial charge is 0.253 e. The first-order valence-electron chi connectivity index (χ1n) is 7.77. The molecule has 0 radical (unpaired) electrons. The third-order valence-corrected chi connectivity index (χ3v) is 3.83. The summed E-state index contributed by atoms with van der Waals surface area (Å²) in [5, 5.41) is 8.78. The molecular weight excluding hydrogens is 352 g/mol. The van der Waals surface area contributed by atoms with Gasteiger partial charge in [-0.1, -0.05) is 17.7 Å². The lowest BCUT2D eigenvalue weighted by Crippen LogP contribution is -1.91. The molecule has 0 unspecified atom stereocenters. The van der Waals surface area contributed by atoms with E-state index in [1.54, 1.807) is 54.7 Å². The van der Waals surface area contributed by atoms with Gasteiger partial charge in [-0.05, 0) is 54.6 Å². The normalized spacial score (nSPS) is 10.7. The van der Waals surface area contributed by atoms with E-state index >= 15 is 0 Å². The predicted octanol–water partition coefficient (Wildman–Crippen LogP) is 4.83. The highest BCUT2D eigenvalue weighted by Crippen LogP contribution is 2.32. The Balaban J connectivity index is 1.67. The van der Waals surface area contributed by atoms with Crippen LogP contribution in [0.25, 0.3) is 22.9 Å². The van der Waals surface area contributed by atoms with Crippen LogP contribution < -0.4 is 10.5 Å². The molecule has 0 fully saturated rings. The van der Waals surface area contributed by atoms with Crippen LogP contribution in [0.3, 0.4) is 0 Å². The van der Waals surface area contributed by atoms with Crippen LogP contribution in [-0.4, -0.2) is 15.2 Å². The molecule has 2 N–H and O–H groups in total. The number of nitrogens with zero attached hydrogens (tertiary/aromatic N) is 3. The zero-order valence-electron chi connectivity index (χ0n) is 13.5. The zero-order chi connectivity index (χ0) is 17.9. The molecule has 0 saturated carbocycles. The standard InChI is InChI=1S/C19H13ClN4O2/c20-13-3-1-4-15(11-13)25-18-16(5-2-10-22-18)19-24-23-17(26-19)12-6-8-14(21)9-7-12/h1-11H,21H2. The molecule has 4 rings (SSSR count). The number of halogens is 1. The topological polar surface area (TPSA) is 87.1 Å². The molecular formula is C19H13ClN4O2. The van der Waals surface area contributed by atoms with Crippen molar-refractivity contribution in [1.82, 2.24) is 15.2 Å². The van der Waals surface area contributed by atoms with Crippen molar-refractivity contribution in [2.75, 3.05) is 5.73 Å². The number of nitrogens with two attached hydrogens (primary N) is 1. The molecule has 0 atom stereocenters. The Hall–Kier alpha value is -3.38. The molecule has 128 valence electrons. The summed E-state index contributed by atoms with van der Waals surface area (Å²) in [7, 11) is 0. The number of hydrogen-bond acceptors (Lipinski definition) is 6.